The Morgan fingerprint density at radius 2 is 2.06 bits per heavy atom. The zero-order valence-electron chi connectivity index (χ0n) is 17.5. The fourth-order valence-electron chi connectivity index (χ4n) is 4.11. The smallest absolute Gasteiger partial charge is 0.224 e. The topological polar surface area (TPSA) is 75.4 Å². The summed E-state index contributed by atoms with van der Waals surface area (Å²) in [7, 11) is 1.61. The number of ketones is 1. The highest BCUT2D eigenvalue weighted by Gasteiger charge is 2.25. The number of likely N-dealkylation sites (N-methyl/N-ethyl adjacent to an activating group) is 1. The van der Waals surface area contributed by atoms with Crippen LogP contribution in [0.3, 0.4) is 0 Å². The van der Waals surface area contributed by atoms with Gasteiger partial charge in [-0.1, -0.05) is 5.16 Å². The third kappa shape index (κ3) is 5.19. The highest BCUT2D eigenvalue weighted by molar-refractivity contribution is 7.14. The molecule has 164 valence electrons. The van der Waals surface area contributed by atoms with Crippen molar-refractivity contribution in [2.45, 2.75) is 38.0 Å². The van der Waals surface area contributed by atoms with Gasteiger partial charge in [0.05, 0.1) is 17.0 Å². The lowest BCUT2D eigenvalue weighted by Crippen LogP contribution is -2.34. The van der Waals surface area contributed by atoms with Crippen LogP contribution in [0.25, 0.3) is 11.0 Å². The van der Waals surface area contributed by atoms with Gasteiger partial charge < -0.3 is 14.7 Å². The fourth-order valence-corrected chi connectivity index (χ4v) is 5.08. The van der Waals surface area contributed by atoms with Crippen LogP contribution in [-0.2, 0) is 11.2 Å². The second kappa shape index (κ2) is 9.70. The summed E-state index contributed by atoms with van der Waals surface area (Å²) < 4.78 is 18.7. The van der Waals surface area contributed by atoms with Crippen molar-refractivity contribution < 1.29 is 18.5 Å². The van der Waals surface area contributed by atoms with Gasteiger partial charge in [0.2, 0.25) is 5.91 Å². The lowest BCUT2D eigenvalue weighted by atomic mass is 9.91. The van der Waals surface area contributed by atoms with E-state index in [0.29, 0.717) is 24.3 Å². The van der Waals surface area contributed by atoms with Gasteiger partial charge in [-0.15, -0.1) is 11.3 Å². The van der Waals surface area contributed by atoms with Gasteiger partial charge in [-0.2, -0.15) is 0 Å². The van der Waals surface area contributed by atoms with Gasteiger partial charge in [0.25, 0.3) is 0 Å². The number of hydrogen-bond acceptors (Lipinski definition) is 6. The van der Waals surface area contributed by atoms with Crippen molar-refractivity contribution >= 4 is 34.0 Å². The molecule has 3 aromatic rings. The van der Waals surface area contributed by atoms with Crippen LogP contribution in [0, 0.1) is 5.82 Å². The minimum atomic E-state index is -0.315. The number of nitrogens with one attached hydrogen (secondary N) is 1. The number of fused-ring (bicyclic) bond motifs is 1. The lowest BCUT2D eigenvalue weighted by Gasteiger charge is -2.31. The molecule has 0 atom stereocenters. The maximum Gasteiger partial charge on any atom is 0.224 e. The standard InChI is InChI=1S/C23H26FN3O3S/c1-25-22(29)14-17-5-7-21(31-17)19(28)3-2-10-27-11-8-15(9-12-27)23-18-6-4-16(24)13-20(18)30-26-23/h4-7,13,15H,2-3,8-12,14H2,1H3,(H,25,29). The van der Waals surface area contributed by atoms with Crippen LogP contribution >= 0.6 is 11.3 Å². The van der Waals surface area contributed by atoms with Crippen molar-refractivity contribution in [1.82, 2.24) is 15.4 Å². The summed E-state index contributed by atoms with van der Waals surface area (Å²) in [6.07, 6.45) is 3.60. The van der Waals surface area contributed by atoms with E-state index in [4.69, 9.17) is 4.52 Å². The average Bonchev–Trinajstić information content (AvgIpc) is 3.41. The SMILES string of the molecule is CNC(=O)Cc1ccc(C(=O)CCCN2CCC(c3noc4cc(F)ccc34)CC2)s1. The number of thiophene rings is 1. The molecular weight excluding hydrogens is 417 g/mol. The monoisotopic (exact) mass is 443 g/mol. The number of Topliss-reactive ketones (excluding diaryl/α,β-unsaturated/α-hetero) is 1. The van der Waals surface area contributed by atoms with E-state index in [-0.39, 0.29) is 17.5 Å². The minimum absolute atomic E-state index is 0.0463. The van der Waals surface area contributed by atoms with Crippen LogP contribution in [0.15, 0.2) is 34.9 Å². The Morgan fingerprint density at radius 1 is 1.26 bits per heavy atom. The quantitative estimate of drug-likeness (QED) is 0.529. The van der Waals surface area contributed by atoms with E-state index in [0.717, 1.165) is 59.7 Å². The molecule has 0 spiro atoms. The van der Waals surface area contributed by atoms with E-state index in [1.165, 1.54) is 23.5 Å². The Labute approximate surface area is 184 Å². The molecule has 1 N–H and O–H groups in total. The first-order valence-corrected chi connectivity index (χ1v) is 11.4. The van der Waals surface area contributed by atoms with E-state index >= 15 is 0 Å². The highest BCUT2D eigenvalue weighted by Crippen LogP contribution is 2.32. The molecule has 1 aliphatic heterocycles. The minimum Gasteiger partial charge on any atom is -0.359 e. The number of nitrogens with zero attached hydrogens (tertiary/aromatic N) is 2. The summed E-state index contributed by atoms with van der Waals surface area (Å²) in [5.41, 5.74) is 1.43. The first-order valence-electron chi connectivity index (χ1n) is 10.6. The number of carbonyl (C=O) groups excluding carboxylic acids is 2. The first-order chi connectivity index (χ1) is 15.0. The molecule has 0 aliphatic carbocycles. The second-order valence-electron chi connectivity index (χ2n) is 7.97. The molecule has 6 nitrogen and oxygen atoms in total. The molecule has 0 radical (unpaired) electrons. The van der Waals surface area contributed by atoms with Crippen LogP contribution in [0.1, 0.15) is 51.8 Å². The Bertz CT molecular complexity index is 1070. The van der Waals surface area contributed by atoms with Gasteiger partial charge in [0, 0.05) is 35.7 Å². The van der Waals surface area contributed by atoms with E-state index in [2.05, 4.69) is 15.4 Å². The molecule has 3 heterocycles. The maximum atomic E-state index is 13.4. The van der Waals surface area contributed by atoms with Gasteiger partial charge >= 0.3 is 0 Å². The molecule has 0 bridgehead atoms. The number of halogens is 1. The number of amides is 1. The molecule has 1 aromatic carbocycles. The predicted octanol–water partition coefficient (Wildman–Crippen LogP) is 4.16. The second-order valence-corrected chi connectivity index (χ2v) is 9.14. The predicted molar refractivity (Wildman–Crippen MR) is 118 cm³/mol. The average molecular weight is 444 g/mol. The van der Waals surface area contributed by atoms with Crippen LogP contribution in [0.5, 0.6) is 0 Å². The molecule has 0 saturated carbocycles. The molecule has 0 unspecified atom stereocenters. The van der Waals surface area contributed by atoms with Crippen molar-refractivity contribution in [3.63, 3.8) is 0 Å². The summed E-state index contributed by atoms with van der Waals surface area (Å²) in [6, 6.07) is 8.27. The van der Waals surface area contributed by atoms with Crippen LogP contribution in [0.2, 0.25) is 0 Å². The number of piperidine rings is 1. The molecule has 1 saturated heterocycles. The number of likely N-dealkylation sites (tertiary alicyclic amines) is 1. The fraction of sp³-hybridized carbons (Fsp3) is 0.435. The maximum absolute atomic E-state index is 13.4. The number of benzene rings is 1. The Morgan fingerprint density at radius 3 is 2.84 bits per heavy atom. The van der Waals surface area contributed by atoms with Gasteiger partial charge in [0.15, 0.2) is 11.4 Å². The van der Waals surface area contributed by atoms with Crippen molar-refractivity contribution in [3.8, 4) is 0 Å². The Hall–Kier alpha value is -2.58. The van der Waals surface area contributed by atoms with E-state index < -0.39 is 0 Å². The van der Waals surface area contributed by atoms with Gasteiger partial charge in [-0.05, 0) is 63.2 Å². The first kappa shape index (κ1) is 21.6. The highest BCUT2D eigenvalue weighted by atomic mass is 32.1. The zero-order chi connectivity index (χ0) is 21.8. The number of aromatic nitrogens is 1. The number of carbonyl (C=O) groups is 2. The summed E-state index contributed by atoms with van der Waals surface area (Å²) >= 11 is 1.41. The Balaban J connectivity index is 1.22. The molecule has 8 heteroatoms. The molecular formula is C23H26FN3O3S. The van der Waals surface area contributed by atoms with Crippen molar-refractivity contribution in [1.29, 1.82) is 0 Å². The summed E-state index contributed by atoms with van der Waals surface area (Å²) in [5.74, 6) is 0.0959. The summed E-state index contributed by atoms with van der Waals surface area (Å²) in [4.78, 5) is 27.9. The normalized spacial score (nSPS) is 15.4. The van der Waals surface area contributed by atoms with Crippen LogP contribution < -0.4 is 5.32 Å². The molecule has 31 heavy (non-hydrogen) atoms. The van der Waals surface area contributed by atoms with Crippen molar-refractivity contribution in [3.05, 3.63) is 51.6 Å². The van der Waals surface area contributed by atoms with E-state index in [1.54, 1.807) is 13.1 Å². The molecule has 1 amide bonds. The van der Waals surface area contributed by atoms with Gasteiger partial charge in [-0.25, -0.2) is 4.39 Å². The Kier molecular flexibility index (Phi) is 6.77. The number of rotatable bonds is 8. The number of hydrogen-bond donors (Lipinski definition) is 1. The van der Waals surface area contributed by atoms with Crippen LogP contribution in [0.4, 0.5) is 4.39 Å². The van der Waals surface area contributed by atoms with Crippen molar-refractivity contribution in [2.24, 2.45) is 0 Å². The summed E-state index contributed by atoms with van der Waals surface area (Å²) in [5, 5.41) is 7.70. The molecule has 4 rings (SSSR count). The van der Waals surface area contributed by atoms with Crippen molar-refractivity contribution in [2.75, 3.05) is 26.7 Å². The van der Waals surface area contributed by atoms with Gasteiger partial charge in [0.1, 0.15) is 5.82 Å². The van der Waals surface area contributed by atoms with E-state index in [1.807, 2.05) is 12.1 Å². The third-order valence-electron chi connectivity index (χ3n) is 5.86. The van der Waals surface area contributed by atoms with Crippen LogP contribution in [-0.4, -0.2) is 48.4 Å². The lowest BCUT2D eigenvalue weighted by molar-refractivity contribution is -0.119. The molecule has 1 aliphatic rings. The third-order valence-corrected chi connectivity index (χ3v) is 6.99. The molecule has 2 aromatic heterocycles. The molecule has 1 fully saturated rings. The summed E-state index contributed by atoms with van der Waals surface area (Å²) in [6.45, 7) is 2.78. The zero-order valence-corrected chi connectivity index (χ0v) is 18.3. The largest absolute Gasteiger partial charge is 0.359 e. The van der Waals surface area contributed by atoms with E-state index in [9.17, 15) is 14.0 Å². The van der Waals surface area contributed by atoms with Gasteiger partial charge in [-0.3, -0.25) is 9.59 Å².